The standard InChI is InChI=1S/C29H44N4O3/c1-19(2)25(16-21(5)28(35)33-17-22-12-8-9-13-23(22)18-33)32(7)29(36)26(20(3)4)30-27(34)24-14-10-11-15-31(24)6/h8-9,12-13,16,19-20,24-26H,10-11,14-15,17-18H2,1-7H3,(H,30,34)/b21-16+/t24-,25-,26+/m1/s1. The normalized spacial score (nSPS) is 20.3. The molecule has 1 saturated heterocycles. The minimum absolute atomic E-state index is 0.00764. The molecule has 2 heterocycles. The summed E-state index contributed by atoms with van der Waals surface area (Å²) in [5.41, 5.74) is 3.01. The van der Waals surface area contributed by atoms with Crippen molar-refractivity contribution in [3.63, 3.8) is 0 Å². The number of benzene rings is 1. The van der Waals surface area contributed by atoms with Crippen LogP contribution in [-0.2, 0) is 27.5 Å². The van der Waals surface area contributed by atoms with Gasteiger partial charge in [0, 0.05) is 25.7 Å². The molecule has 198 valence electrons. The van der Waals surface area contributed by atoms with Crippen molar-refractivity contribution in [2.24, 2.45) is 11.8 Å². The molecule has 0 spiro atoms. The van der Waals surface area contributed by atoms with Gasteiger partial charge in [-0.1, -0.05) is 64.5 Å². The van der Waals surface area contributed by atoms with E-state index in [0.29, 0.717) is 18.7 Å². The lowest BCUT2D eigenvalue weighted by Crippen LogP contribution is -2.57. The van der Waals surface area contributed by atoms with Gasteiger partial charge in [-0.05, 0) is 56.3 Å². The quantitative estimate of drug-likeness (QED) is 0.559. The van der Waals surface area contributed by atoms with Crippen molar-refractivity contribution in [3.8, 4) is 0 Å². The number of hydrogen-bond donors (Lipinski definition) is 1. The first-order valence-corrected chi connectivity index (χ1v) is 13.3. The van der Waals surface area contributed by atoms with Gasteiger partial charge < -0.3 is 15.1 Å². The molecule has 1 N–H and O–H groups in total. The average molecular weight is 497 g/mol. The first-order chi connectivity index (χ1) is 17.0. The number of carbonyl (C=O) groups excluding carboxylic acids is 3. The lowest BCUT2D eigenvalue weighted by atomic mass is 9.96. The van der Waals surface area contributed by atoms with Crippen LogP contribution in [0, 0.1) is 11.8 Å². The predicted octanol–water partition coefficient (Wildman–Crippen LogP) is 3.58. The van der Waals surface area contributed by atoms with Crippen LogP contribution in [0.5, 0.6) is 0 Å². The Kier molecular flexibility index (Phi) is 9.34. The molecule has 0 aliphatic carbocycles. The molecule has 2 aliphatic heterocycles. The van der Waals surface area contributed by atoms with E-state index in [9.17, 15) is 14.4 Å². The minimum Gasteiger partial charge on any atom is -0.343 e. The van der Waals surface area contributed by atoms with E-state index in [0.717, 1.165) is 25.8 Å². The summed E-state index contributed by atoms with van der Waals surface area (Å²) in [7, 11) is 3.75. The minimum atomic E-state index is -0.614. The Bertz CT molecular complexity index is 961. The molecule has 7 heteroatoms. The number of rotatable bonds is 8. The number of nitrogens with zero attached hydrogens (tertiary/aromatic N) is 3. The van der Waals surface area contributed by atoms with E-state index in [4.69, 9.17) is 0 Å². The fourth-order valence-corrected chi connectivity index (χ4v) is 5.34. The van der Waals surface area contributed by atoms with E-state index in [2.05, 4.69) is 22.3 Å². The summed E-state index contributed by atoms with van der Waals surface area (Å²) >= 11 is 0. The van der Waals surface area contributed by atoms with Crippen molar-refractivity contribution in [1.82, 2.24) is 20.0 Å². The first kappa shape index (κ1) is 27.9. The van der Waals surface area contributed by atoms with Gasteiger partial charge in [-0.25, -0.2) is 0 Å². The summed E-state index contributed by atoms with van der Waals surface area (Å²) in [6, 6.07) is 7.07. The lowest BCUT2D eigenvalue weighted by molar-refractivity contribution is -0.139. The lowest BCUT2D eigenvalue weighted by Gasteiger charge is -2.36. The number of piperidine rings is 1. The number of amides is 3. The van der Waals surface area contributed by atoms with Gasteiger partial charge >= 0.3 is 0 Å². The molecule has 0 bridgehead atoms. The van der Waals surface area contributed by atoms with E-state index in [1.54, 1.807) is 11.9 Å². The van der Waals surface area contributed by atoms with Crippen LogP contribution in [0.4, 0.5) is 0 Å². The number of fused-ring (bicyclic) bond motifs is 1. The topological polar surface area (TPSA) is 73.0 Å². The Hall–Kier alpha value is -2.67. The van der Waals surface area contributed by atoms with Crippen LogP contribution in [0.2, 0.25) is 0 Å². The highest BCUT2D eigenvalue weighted by molar-refractivity contribution is 5.94. The number of likely N-dealkylation sites (N-methyl/N-ethyl adjacent to an activating group) is 2. The second kappa shape index (κ2) is 12.0. The molecular weight excluding hydrogens is 452 g/mol. The summed E-state index contributed by atoms with van der Waals surface area (Å²) in [5, 5.41) is 3.05. The Labute approximate surface area is 216 Å². The maximum atomic E-state index is 13.7. The zero-order valence-electron chi connectivity index (χ0n) is 23.1. The number of nitrogens with one attached hydrogen (secondary N) is 1. The Morgan fingerprint density at radius 3 is 2.17 bits per heavy atom. The van der Waals surface area contributed by atoms with E-state index < -0.39 is 6.04 Å². The number of hydrogen-bond acceptors (Lipinski definition) is 4. The molecule has 3 amide bonds. The van der Waals surface area contributed by atoms with Crippen LogP contribution in [0.15, 0.2) is 35.9 Å². The molecule has 2 aliphatic rings. The third-order valence-electron chi connectivity index (χ3n) is 7.67. The van der Waals surface area contributed by atoms with Gasteiger partial charge in [0.2, 0.25) is 17.7 Å². The maximum absolute atomic E-state index is 13.7. The second-order valence-corrected chi connectivity index (χ2v) is 11.2. The summed E-state index contributed by atoms with van der Waals surface area (Å²) in [5.74, 6) is -0.160. The van der Waals surface area contributed by atoms with Crippen molar-refractivity contribution in [2.45, 2.75) is 85.1 Å². The third-order valence-corrected chi connectivity index (χ3v) is 7.67. The fourth-order valence-electron chi connectivity index (χ4n) is 5.34. The largest absolute Gasteiger partial charge is 0.343 e. The molecule has 1 aromatic rings. The molecule has 3 rings (SSSR count). The Balaban J connectivity index is 1.72. The Morgan fingerprint density at radius 2 is 1.64 bits per heavy atom. The molecule has 0 radical (unpaired) electrons. The van der Waals surface area contributed by atoms with Crippen molar-refractivity contribution in [1.29, 1.82) is 0 Å². The maximum Gasteiger partial charge on any atom is 0.249 e. The van der Waals surface area contributed by atoms with Crippen LogP contribution in [0.3, 0.4) is 0 Å². The number of likely N-dealkylation sites (tertiary alicyclic amines) is 1. The highest BCUT2D eigenvalue weighted by Crippen LogP contribution is 2.25. The molecule has 0 saturated carbocycles. The van der Waals surface area contributed by atoms with E-state index in [1.165, 1.54) is 11.1 Å². The van der Waals surface area contributed by atoms with Crippen molar-refractivity contribution in [2.75, 3.05) is 20.6 Å². The molecular formula is C29H44N4O3. The molecule has 1 fully saturated rings. The average Bonchev–Trinajstić information content (AvgIpc) is 3.28. The SMILES string of the molecule is C/C(=C\[C@H](C(C)C)N(C)C(=O)[C@@H](NC(=O)[C@H]1CCCCN1C)C(C)C)C(=O)N1Cc2ccccc2C1. The van der Waals surface area contributed by atoms with Crippen LogP contribution < -0.4 is 5.32 Å². The first-order valence-electron chi connectivity index (χ1n) is 13.3. The van der Waals surface area contributed by atoms with Gasteiger partial charge in [0.05, 0.1) is 12.1 Å². The smallest absolute Gasteiger partial charge is 0.249 e. The van der Waals surface area contributed by atoms with Gasteiger partial charge in [-0.3, -0.25) is 19.3 Å². The van der Waals surface area contributed by atoms with Gasteiger partial charge in [0.1, 0.15) is 6.04 Å². The molecule has 1 aromatic carbocycles. The van der Waals surface area contributed by atoms with Gasteiger partial charge in [-0.15, -0.1) is 0 Å². The van der Waals surface area contributed by atoms with Gasteiger partial charge in [0.25, 0.3) is 0 Å². The Morgan fingerprint density at radius 1 is 1.03 bits per heavy atom. The van der Waals surface area contributed by atoms with Gasteiger partial charge in [-0.2, -0.15) is 0 Å². The van der Waals surface area contributed by atoms with Crippen LogP contribution in [-0.4, -0.2) is 71.2 Å². The zero-order valence-corrected chi connectivity index (χ0v) is 23.1. The van der Waals surface area contributed by atoms with Crippen LogP contribution in [0.1, 0.15) is 65.0 Å². The number of carbonyl (C=O) groups is 3. The monoisotopic (exact) mass is 496 g/mol. The van der Waals surface area contributed by atoms with Crippen molar-refractivity contribution in [3.05, 3.63) is 47.0 Å². The predicted molar refractivity (Wildman–Crippen MR) is 143 cm³/mol. The van der Waals surface area contributed by atoms with E-state index >= 15 is 0 Å². The summed E-state index contributed by atoms with van der Waals surface area (Å²) in [4.78, 5) is 45.6. The van der Waals surface area contributed by atoms with Crippen LogP contribution >= 0.6 is 0 Å². The fraction of sp³-hybridized carbons (Fsp3) is 0.621. The third kappa shape index (κ3) is 6.36. The molecule has 3 atom stereocenters. The summed E-state index contributed by atoms with van der Waals surface area (Å²) in [6.07, 6.45) is 4.86. The highest BCUT2D eigenvalue weighted by atomic mass is 16.2. The zero-order chi connectivity index (χ0) is 26.6. The summed E-state index contributed by atoms with van der Waals surface area (Å²) < 4.78 is 0. The molecule has 7 nitrogen and oxygen atoms in total. The van der Waals surface area contributed by atoms with Gasteiger partial charge in [0.15, 0.2) is 0 Å². The van der Waals surface area contributed by atoms with Crippen LogP contribution in [0.25, 0.3) is 0 Å². The molecule has 36 heavy (non-hydrogen) atoms. The molecule has 0 unspecified atom stereocenters. The second-order valence-electron chi connectivity index (χ2n) is 11.2. The van der Waals surface area contributed by atoms with E-state index in [1.807, 2.05) is 64.8 Å². The van der Waals surface area contributed by atoms with Crippen molar-refractivity contribution < 1.29 is 14.4 Å². The van der Waals surface area contributed by atoms with Crippen molar-refractivity contribution >= 4 is 17.7 Å². The van der Waals surface area contributed by atoms with E-state index in [-0.39, 0.29) is 41.6 Å². The summed E-state index contributed by atoms with van der Waals surface area (Å²) in [6.45, 7) is 12.0. The molecule has 0 aromatic heterocycles. The highest BCUT2D eigenvalue weighted by Gasteiger charge is 2.34.